The van der Waals surface area contributed by atoms with Crippen LogP contribution in [0.15, 0.2) is 65.2 Å². The van der Waals surface area contributed by atoms with Crippen molar-refractivity contribution >= 4 is 5.91 Å². The van der Waals surface area contributed by atoms with Crippen molar-refractivity contribution in [2.45, 2.75) is 51.0 Å². The number of carbonyl (C=O) groups is 1. The van der Waals surface area contributed by atoms with Crippen LogP contribution in [0.5, 0.6) is 0 Å². The Hall–Kier alpha value is -2.95. The summed E-state index contributed by atoms with van der Waals surface area (Å²) in [4.78, 5) is 17.2. The summed E-state index contributed by atoms with van der Waals surface area (Å²) >= 11 is 0. The van der Waals surface area contributed by atoms with Gasteiger partial charge in [-0.2, -0.15) is 4.98 Å². The van der Waals surface area contributed by atoms with E-state index < -0.39 is 0 Å². The van der Waals surface area contributed by atoms with Crippen LogP contribution in [-0.2, 0) is 11.2 Å². The van der Waals surface area contributed by atoms with Crippen LogP contribution in [0.3, 0.4) is 0 Å². The van der Waals surface area contributed by atoms with Gasteiger partial charge in [0.15, 0.2) is 0 Å². The molecule has 1 saturated carbocycles. The van der Waals surface area contributed by atoms with Gasteiger partial charge >= 0.3 is 0 Å². The largest absolute Gasteiger partial charge is 0.344 e. The summed E-state index contributed by atoms with van der Waals surface area (Å²) in [5.74, 6) is 1.74. The normalized spacial score (nSPS) is 15.3. The van der Waals surface area contributed by atoms with E-state index in [2.05, 4.69) is 15.5 Å². The number of amides is 1. The molecule has 1 heterocycles. The van der Waals surface area contributed by atoms with Crippen molar-refractivity contribution in [1.29, 1.82) is 0 Å². The Morgan fingerprint density at radius 1 is 1.03 bits per heavy atom. The molecule has 0 bridgehead atoms. The fourth-order valence-electron chi connectivity index (χ4n) is 4.03. The molecule has 0 aliphatic heterocycles. The maximum Gasteiger partial charge on any atom is 0.249 e. The average molecular weight is 389 g/mol. The van der Waals surface area contributed by atoms with E-state index in [4.69, 9.17) is 4.52 Å². The fourth-order valence-corrected chi connectivity index (χ4v) is 4.03. The fraction of sp³-hybridized carbons (Fsp3) is 0.375. The van der Waals surface area contributed by atoms with Crippen LogP contribution in [-0.4, -0.2) is 16.0 Å². The minimum absolute atomic E-state index is 0.0530. The van der Waals surface area contributed by atoms with Crippen LogP contribution < -0.4 is 5.32 Å². The lowest BCUT2D eigenvalue weighted by atomic mass is 10.0. The van der Waals surface area contributed by atoms with Crippen molar-refractivity contribution < 1.29 is 9.32 Å². The Balaban J connectivity index is 1.47. The van der Waals surface area contributed by atoms with E-state index in [1.54, 1.807) is 0 Å². The molecule has 3 aromatic rings. The number of benzene rings is 2. The van der Waals surface area contributed by atoms with E-state index >= 15 is 0 Å². The Kier molecular flexibility index (Phi) is 6.35. The van der Waals surface area contributed by atoms with Gasteiger partial charge in [-0.05, 0) is 17.9 Å². The third-order valence-corrected chi connectivity index (χ3v) is 5.64. The molecule has 150 valence electrons. The van der Waals surface area contributed by atoms with E-state index in [0.29, 0.717) is 30.5 Å². The topological polar surface area (TPSA) is 68.0 Å². The summed E-state index contributed by atoms with van der Waals surface area (Å²) < 4.78 is 5.56. The van der Waals surface area contributed by atoms with Crippen LogP contribution >= 0.6 is 0 Å². The van der Waals surface area contributed by atoms with Crippen LogP contribution in [0.4, 0.5) is 0 Å². The van der Waals surface area contributed by atoms with Gasteiger partial charge in [0.2, 0.25) is 17.6 Å². The second-order valence-electron chi connectivity index (χ2n) is 7.82. The van der Waals surface area contributed by atoms with Crippen molar-refractivity contribution in [1.82, 2.24) is 15.5 Å². The summed E-state index contributed by atoms with van der Waals surface area (Å²) in [7, 11) is 0. The molecular formula is C24H27N3O2. The molecule has 29 heavy (non-hydrogen) atoms. The first-order valence-electron chi connectivity index (χ1n) is 10.5. The van der Waals surface area contributed by atoms with E-state index in [1.165, 1.54) is 25.7 Å². The number of carbonyl (C=O) groups excluding carboxylic acids is 1. The average Bonchev–Trinajstić information content (AvgIpc) is 3.46. The Morgan fingerprint density at radius 2 is 1.72 bits per heavy atom. The van der Waals surface area contributed by atoms with Gasteiger partial charge in [-0.3, -0.25) is 4.79 Å². The maximum absolute atomic E-state index is 12.6. The van der Waals surface area contributed by atoms with E-state index in [-0.39, 0.29) is 11.9 Å². The predicted molar refractivity (Wildman–Crippen MR) is 112 cm³/mol. The van der Waals surface area contributed by atoms with Gasteiger partial charge in [0, 0.05) is 18.4 Å². The lowest BCUT2D eigenvalue weighted by Gasteiger charge is -2.16. The highest BCUT2D eigenvalue weighted by atomic mass is 16.5. The molecule has 1 unspecified atom stereocenters. The van der Waals surface area contributed by atoms with Gasteiger partial charge < -0.3 is 9.84 Å². The lowest BCUT2D eigenvalue weighted by Crippen LogP contribution is -2.30. The SMILES string of the molecule is O=C(CCC1CCCC1)NC(Cc1ccccc1)c1nc(-c2ccccc2)no1. The van der Waals surface area contributed by atoms with Crippen LogP contribution in [0.1, 0.15) is 56.0 Å². The van der Waals surface area contributed by atoms with Crippen LogP contribution in [0.25, 0.3) is 11.4 Å². The molecule has 1 fully saturated rings. The smallest absolute Gasteiger partial charge is 0.249 e. The van der Waals surface area contributed by atoms with Crippen LogP contribution in [0.2, 0.25) is 0 Å². The van der Waals surface area contributed by atoms with E-state index in [0.717, 1.165) is 17.5 Å². The van der Waals surface area contributed by atoms with Gasteiger partial charge in [0.05, 0.1) is 0 Å². The Labute approximate surface area is 171 Å². The minimum Gasteiger partial charge on any atom is -0.344 e. The number of rotatable bonds is 8. The zero-order valence-electron chi connectivity index (χ0n) is 16.6. The molecule has 2 aromatic carbocycles. The molecule has 1 aliphatic rings. The summed E-state index contributed by atoms with van der Waals surface area (Å²) in [6.07, 6.45) is 7.24. The van der Waals surface area contributed by atoms with Gasteiger partial charge in [0.25, 0.3) is 0 Å². The zero-order chi connectivity index (χ0) is 19.9. The highest BCUT2D eigenvalue weighted by Crippen LogP contribution is 2.28. The monoisotopic (exact) mass is 389 g/mol. The highest BCUT2D eigenvalue weighted by molar-refractivity contribution is 5.76. The molecule has 0 saturated heterocycles. The minimum atomic E-state index is -0.335. The second-order valence-corrected chi connectivity index (χ2v) is 7.82. The summed E-state index contributed by atoms with van der Waals surface area (Å²) in [5.41, 5.74) is 2.02. The second kappa shape index (κ2) is 9.50. The van der Waals surface area contributed by atoms with Crippen molar-refractivity contribution in [3.63, 3.8) is 0 Å². The zero-order valence-corrected chi connectivity index (χ0v) is 16.6. The lowest BCUT2D eigenvalue weighted by molar-refractivity contribution is -0.122. The van der Waals surface area contributed by atoms with Crippen molar-refractivity contribution in [2.75, 3.05) is 0 Å². The van der Waals surface area contributed by atoms with Gasteiger partial charge in [-0.25, -0.2) is 0 Å². The number of hydrogen-bond acceptors (Lipinski definition) is 4. The van der Waals surface area contributed by atoms with Crippen molar-refractivity contribution in [3.8, 4) is 11.4 Å². The highest BCUT2D eigenvalue weighted by Gasteiger charge is 2.23. The van der Waals surface area contributed by atoms with E-state index in [9.17, 15) is 4.79 Å². The number of nitrogens with one attached hydrogen (secondary N) is 1. The van der Waals surface area contributed by atoms with Crippen molar-refractivity contribution in [2.24, 2.45) is 5.92 Å². The summed E-state index contributed by atoms with van der Waals surface area (Å²) in [6, 6.07) is 19.5. The standard InChI is InChI=1S/C24H27N3O2/c28-22(16-15-18-9-7-8-10-18)25-21(17-19-11-3-1-4-12-19)24-26-23(27-29-24)20-13-5-2-6-14-20/h1-6,11-14,18,21H,7-10,15-17H2,(H,25,28). The number of hydrogen-bond donors (Lipinski definition) is 1. The number of nitrogens with zero attached hydrogens (tertiary/aromatic N) is 2. The first kappa shape index (κ1) is 19.4. The summed E-state index contributed by atoms with van der Waals surface area (Å²) in [6.45, 7) is 0. The molecule has 4 rings (SSSR count). The van der Waals surface area contributed by atoms with Crippen LogP contribution in [0, 0.1) is 5.92 Å². The summed E-state index contributed by atoms with van der Waals surface area (Å²) in [5, 5.41) is 7.26. The van der Waals surface area contributed by atoms with Gasteiger partial charge in [-0.15, -0.1) is 0 Å². The third kappa shape index (κ3) is 5.31. The van der Waals surface area contributed by atoms with Gasteiger partial charge in [0.1, 0.15) is 6.04 Å². The molecule has 5 nitrogen and oxygen atoms in total. The molecule has 0 spiro atoms. The molecule has 0 radical (unpaired) electrons. The predicted octanol–water partition coefficient (Wildman–Crippen LogP) is 5.11. The molecule has 1 aliphatic carbocycles. The Bertz CT molecular complexity index is 902. The molecule has 1 amide bonds. The third-order valence-electron chi connectivity index (χ3n) is 5.64. The molecule has 5 heteroatoms. The van der Waals surface area contributed by atoms with Gasteiger partial charge in [-0.1, -0.05) is 91.5 Å². The van der Waals surface area contributed by atoms with Crippen molar-refractivity contribution in [3.05, 3.63) is 72.1 Å². The molecule has 1 atom stereocenters. The molecule has 1 N–H and O–H groups in total. The molecular weight excluding hydrogens is 362 g/mol. The maximum atomic E-state index is 12.6. The first-order chi connectivity index (χ1) is 14.3. The van der Waals surface area contributed by atoms with E-state index in [1.807, 2.05) is 60.7 Å². The quantitative estimate of drug-likeness (QED) is 0.581. The first-order valence-corrected chi connectivity index (χ1v) is 10.5. The number of aromatic nitrogens is 2. The molecule has 1 aromatic heterocycles. The Morgan fingerprint density at radius 3 is 2.45 bits per heavy atom.